The molecule has 102 valence electrons. The van der Waals surface area contributed by atoms with Gasteiger partial charge in [-0.05, 0) is 68.2 Å². The molecule has 0 spiro atoms. The molecule has 1 fully saturated rings. The second-order valence-electron chi connectivity index (χ2n) is 6.76. The Morgan fingerprint density at radius 3 is 2.24 bits per heavy atom. The summed E-state index contributed by atoms with van der Waals surface area (Å²) in [6.45, 7) is 9.98. The van der Waals surface area contributed by atoms with E-state index in [1.165, 1.54) is 6.42 Å². The number of hydrogen-bond donors (Lipinski definition) is 1. The zero-order valence-electron chi connectivity index (χ0n) is 12.6. The van der Waals surface area contributed by atoms with Crippen LogP contribution in [-0.4, -0.2) is 49.8 Å². The first-order valence-electron chi connectivity index (χ1n) is 6.70. The van der Waals surface area contributed by atoms with Crippen LogP contribution in [0.15, 0.2) is 0 Å². The number of rotatable bonds is 5. The maximum atomic E-state index is 6.18. The molecule has 1 aliphatic rings. The Kier molecular flexibility index (Phi) is 4.61. The van der Waals surface area contributed by atoms with Gasteiger partial charge >= 0.3 is 0 Å². The van der Waals surface area contributed by atoms with Crippen LogP contribution in [0, 0.1) is 5.92 Å². The average Bonchev–Trinajstić information content (AvgIpc) is 2.35. The lowest BCUT2D eigenvalue weighted by Gasteiger charge is -2.33. The second kappa shape index (κ2) is 5.25. The van der Waals surface area contributed by atoms with E-state index < -0.39 is 0 Å². The Morgan fingerprint density at radius 2 is 1.88 bits per heavy atom. The first-order valence-corrected chi connectivity index (χ1v) is 6.70. The standard InChI is InChI=1S/C14H30N2O/c1-13(2)10-11(14(3,4)17-13)12(15-5)8-9-16(6)7/h11-12,15H,8-10H2,1-7H3. The van der Waals surface area contributed by atoms with Crippen LogP contribution < -0.4 is 5.32 Å². The largest absolute Gasteiger partial charge is 0.369 e. The third kappa shape index (κ3) is 3.94. The van der Waals surface area contributed by atoms with Crippen molar-refractivity contribution in [3.05, 3.63) is 0 Å². The van der Waals surface area contributed by atoms with Crippen molar-refractivity contribution in [1.82, 2.24) is 10.2 Å². The minimum atomic E-state index is -0.0243. The number of nitrogens with one attached hydrogen (secondary N) is 1. The number of hydrogen-bond acceptors (Lipinski definition) is 3. The van der Waals surface area contributed by atoms with Gasteiger partial charge in [0.05, 0.1) is 11.2 Å². The minimum absolute atomic E-state index is 0.0153. The molecule has 0 aliphatic carbocycles. The van der Waals surface area contributed by atoms with Gasteiger partial charge in [-0.3, -0.25) is 0 Å². The van der Waals surface area contributed by atoms with Crippen LogP contribution in [0.25, 0.3) is 0 Å². The normalized spacial score (nSPS) is 28.6. The molecule has 1 N–H and O–H groups in total. The van der Waals surface area contributed by atoms with E-state index >= 15 is 0 Å². The van der Waals surface area contributed by atoms with Crippen molar-refractivity contribution in [3.63, 3.8) is 0 Å². The first kappa shape index (κ1) is 14.9. The van der Waals surface area contributed by atoms with Crippen molar-refractivity contribution < 1.29 is 4.74 Å². The lowest BCUT2D eigenvalue weighted by Crippen LogP contribution is -2.44. The van der Waals surface area contributed by atoms with Crippen LogP contribution >= 0.6 is 0 Å². The van der Waals surface area contributed by atoms with Gasteiger partial charge in [-0.1, -0.05) is 0 Å². The molecule has 0 bridgehead atoms. The molecule has 0 aromatic heterocycles. The fourth-order valence-corrected chi connectivity index (χ4v) is 3.18. The van der Waals surface area contributed by atoms with Crippen molar-refractivity contribution >= 4 is 0 Å². The zero-order valence-corrected chi connectivity index (χ0v) is 12.6. The highest BCUT2D eigenvalue weighted by molar-refractivity contribution is 4.99. The van der Waals surface area contributed by atoms with E-state index in [9.17, 15) is 0 Å². The van der Waals surface area contributed by atoms with Crippen LogP contribution in [0.4, 0.5) is 0 Å². The molecule has 0 aromatic carbocycles. The highest BCUT2D eigenvalue weighted by Gasteiger charge is 2.48. The van der Waals surface area contributed by atoms with Gasteiger partial charge in [-0.2, -0.15) is 0 Å². The van der Waals surface area contributed by atoms with Gasteiger partial charge in [0.15, 0.2) is 0 Å². The van der Waals surface area contributed by atoms with E-state index in [0.717, 1.165) is 13.0 Å². The van der Waals surface area contributed by atoms with Crippen LogP contribution in [0.1, 0.15) is 40.5 Å². The highest BCUT2D eigenvalue weighted by atomic mass is 16.5. The van der Waals surface area contributed by atoms with Crippen molar-refractivity contribution in [3.8, 4) is 0 Å². The van der Waals surface area contributed by atoms with Crippen molar-refractivity contribution in [2.45, 2.75) is 57.8 Å². The molecule has 0 amide bonds. The molecule has 3 nitrogen and oxygen atoms in total. The molecule has 3 heteroatoms. The van der Waals surface area contributed by atoms with Gasteiger partial charge in [-0.25, -0.2) is 0 Å². The topological polar surface area (TPSA) is 24.5 Å². The van der Waals surface area contributed by atoms with E-state index in [1.807, 2.05) is 0 Å². The fourth-order valence-electron chi connectivity index (χ4n) is 3.18. The van der Waals surface area contributed by atoms with E-state index in [4.69, 9.17) is 4.74 Å². The summed E-state index contributed by atoms with van der Waals surface area (Å²) >= 11 is 0. The molecule has 1 rings (SSSR count). The van der Waals surface area contributed by atoms with Gasteiger partial charge in [0.25, 0.3) is 0 Å². The second-order valence-corrected chi connectivity index (χ2v) is 6.76. The van der Waals surface area contributed by atoms with Crippen LogP contribution in [0.3, 0.4) is 0 Å². The van der Waals surface area contributed by atoms with E-state index in [0.29, 0.717) is 12.0 Å². The Hall–Kier alpha value is -0.120. The first-order chi connectivity index (χ1) is 7.68. The summed E-state index contributed by atoms with van der Waals surface area (Å²) in [6.07, 6.45) is 2.32. The third-order valence-corrected chi connectivity index (χ3v) is 3.89. The van der Waals surface area contributed by atoms with Crippen molar-refractivity contribution in [1.29, 1.82) is 0 Å². The van der Waals surface area contributed by atoms with E-state index in [2.05, 4.69) is 59.1 Å². The molecule has 0 aromatic rings. The fraction of sp³-hybridized carbons (Fsp3) is 1.00. The van der Waals surface area contributed by atoms with Gasteiger partial charge < -0.3 is 15.0 Å². The maximum absolute atomic E-state index is 6.18. The summed E-state index contributed by atoms with van der Waals surface area (Å²) in [5, 5.41) is 3.49. The molecule has 1 aliphatic heterocycles. The van der Waals surface area contributed by atoms with E-state index in [-0.39, 0.29) is 11.2 Å². The molecule has 0 saturated carbocycles. The van der Waals surface area contributed by atoms with Crippen molar-refractivity contribution in [2.24, 2.45) is 5.92 Å². The summed E-state index contributed by atoms with van der Waals surface area (Å²) in [5.74, 6) is 0.586. The summed E-state index contributed by atoms with van der Waals surface area (Å²) in [4.78, 5) is 2.25. The van der Waals surface area contributed by atoms with Crippen molar-refractivity contribution in [2.75, 3.05) is 27.7 Å². The lowest BCUT2D eigenvalue weighted by molar-refractivity contribution is -0.0778. The van der Waals surface area contributed by atoms with E-state index in [1.54, 1.807) is 0 Å². The monoisotopic (exact) mass is 242 g/mol. The van der Waals surface area contributed by atoms with Crippen LogP contribution in [-0.2, 0) is 4.74 Å². The molecule has 17 heavy (non-hydrogen) atoms. The Balaban J connectivity index is 2.68. The smallest absolute Gasteiger partial charge is 0.0677 e. The van der Waals surface area contributed by atoms with Gasteiger partial charge in [0, 0.05) is 12.0 Å². The Bertz CT molecular complexity index is 249. The lowest BCUT2D eigenvalue weighted by atomic mass is 9.80. The molecule has 1 saturated heterocycles. The third-order valence-electron chi connectivity index (χ3n) is 3.89. The van der Waals surface area contributed by atoms with Gasteiger partial charge in [0.1, 0.15) is 0 Å². The van der Waals surface area contributed by atoms with Crippen LogP contribution in [0.5, 0.6) is 0 Å². The molecule has 2 unspecified atom stereocenters. The predicted molar refractivity (Wildman–Crippen MR) is 73.4 cm³/mol. The average molecular weight is 242 g/mol. The van der Waals surface area contributed by atoms with Gasteiger partial charge in [0.2, 0.25) is 0 Å². The SMILES string of the molecule is CNC(CCN(C)C)C1CC(C)(C)OC1(C)C. The summed E-state index contributed by atoms with van der Waals surface area (Å²) in [7, 11) is 6.33. The van der Waals surface area contributed by atoms with Gasteiger partial charge in [-0.15, -0.1) is 0 Å². The molecule has 0 radical (unpaired) electrons. The zero-order chi connectivity index (χ0) is 13.3. The highest BCUT2D eigenvalue weighted by Crippen LogP contribution is 2.44. The number of nitrogens with zero attached hydrogens (tertiary/aromatic N) is 1. The molecule has 2 atom stereocenters. The summed E-state index contributed by atoms with van der Waals surface area (Å²) < 4.78 is 6.18. The predicted octanol–water partition coefficient (Wildman–Crippen LogP) is 2.12. The molecular weight excluding hydrogens is 212 g/mol. The maximum Gasteiger partial charge on any atom is 0.0677 e. The quantitative estimate of drug-likeness (QED) is 0.799. The Labute approximate surface area is 107 Å². The number of ether oxygens (including phenoxy) is 1. The minimum Gasteiger partial charge on any atom is -0.369 e. The molecule has 1 heterocycles. The molecular formula is C14H30N2O. The summed E-state index contributed by atoms with van der Waals surface area (Å²) in [6, 6.07) is 0.536. The van der Waals surface area contributed by atoms with Crippen LogP contribution in [0.2, 0.25) is 0 Å². The summed E-state index contributed by atoms with van der Waals surface area (Å²) in [5.41, 5.74) is -0.00905. The Morgan fingerprint density at radius 1 is 1.29 bits per heavy atom.